The largest absolute Gasteiger partial charge is 0.491 e. The van der Waals surface area contributed by atoms with E-state index in [1.54, 1.807) is 10.7 Å². The molecular weight excluding hydrogens is 316 g/mol. The van der Waals surface area contributed by atoms with Crippen LogP contribution in [0.2, 0.25) is 0 Å². The summed E-state index contributed by atoms with van der Waals surface area (Å²) in [6, 6.07) is 7.95. The summed E-state index contributed by atoms with van der Waals surface area (Å²) in [7, 11) is 0. The van der Waals surface area contributed by atoms with Gasteiger partial charge in [-0.1, -0.05) is 18.2 Å². The van der Waals surface area contributed by atoms with E-state index in [4.69, 9.17) is 4.74 Å². The first-order valence-electron chi connectivity index (χ1n) is 8.26. The molecule has 0 fully saturated rings. The van der Waals surface area contributed by atoms with Crippen molar-refractivity contribution in [2.45, 2.75) is 27.7 Å². The molecule has 6 heteroatoms. The Balaban J connectivity index is 1.64. The number of amides is 1. The number of fused-ring (bicyclic) bond motifs is 1. The van der Waals surface area contributed by atoms with Gasteiger partial charge in [0, 0.05) is 11.4 Å². The third kappa shape index (κ3) is 3.47. The third-order valence-electron chi connectivity index (χ3n) is 4.07. The summed E-state index contributed by atoms with van der Waals surface area (Å²) < 4.78 is 7.49. The molecule has 0 radical (unpaired) electrons. The Morgan fingerprint density at radius 2 is 1.92 bits per heavy atom. The fourth-order valence-corrected chi connectivity index (χ4v) is 2.87. The van der Waals surface area contributed by atoms with Crippen molar-refractivity contribution in [2.24, 2.45) is 0 Å². The minimum Gasteiger partial charge on any atom is -0.491 e. The van der Waals surface area contributed by atoms with Gasteiger partial charge >= 0.3 is 0 Å². The van der Waals surface area contributed by atoms with Crippen LogP contribution in [-0.2, 0) is 0 Å². The Morgan fingerprint density at radius 1 is 1.20 bits per heavy atom. The molecule has 0 aliphatic heterocycles. The minimum atomic E-state index is -0.197. The summed E-state index contributed by atoms with van der Waals surface area (Å²) in [4.78, 5) is 16.9. The van der Waals surface area contributed by atoms with Crippen molar-refractivity contribution >= 4 is 11.6 Å². The lowest BCUT2D eigenvalue weighted by molar-refractivity contribution is 0.0948. The third-order valence-corrected chi connectivity index (χ3v) is 4.07. The number of carbonyl (C=O) groups excluding carboxylic acids is 1. The second kappa shape index (κ2) is 6.93. The Hall–Kier alpha value is -2.89. The molecule has 2 heterocycles. The maximum atomic E-state index is 12.4. The molecule has 3 rings (SSSR count). The predicted octanol–water partition coefficient (Wildman–Crippen LogP) is 2.77. The zero-order chi connectivity index (χ0) is 18.0. The number of rotatable bonds is 5. The predicted molar refractivity (Wildman–Crippen MR) is 96.2 cm³/mol. The summed E-state index contributed by atoms with van der Waals surface area (Å²) in [5, 5.41) is 7.11. The number of ether oxygens (including phenoxy) is 1. The van der Waals surface area contributed by atoms with Gasteiger partial charge in [0.05, 0.1) is 12.7 Å². The fraction of sp³-hybridized carbons (Fsp3) is 0.316. The zero-order valence-corrected chi connectivity index (χ0v) is 15.0. The van der Waals surface area contributed by atoms with E-state index < -0.39 is 0 Å². The molecule has 25 heavy (non-hydrogen) atoms. The number of hydrogen-bond acceptors (Lipinski definition) is 4. The molecule has 0 spiro atoms. The molecule has 0 bridgehead atoms. The molecule has 0 saturated heterocycles. The van der Waals surface area contributed by atoms with Crippen LogP contribution >= 0.6 is 0 Å². The van der Waals surface area contributed by atoms with E-state index in [2.05, 4.69) is 15.4 Å². The molecule has 130 valence electrons. The van der Waals surface area contributed by atoms with Crippen molar-refractivity contribution in [1.82, 2.24) is 19.9 Å². The first-order chi connectivity index (χ1) is 12.0. The standard InChI is InChI=1S/C19H22N4O2/c1-12-6-5-7-13(2)17(12)25-9-8-20-19(24)16-11-21-23-15(4)10-14(3)22-18(16)23/h5-7,10-11H,8-9H2,1-4H3,(H,20,24). The lowest BCUT2D eigenvalue weighted by atomic mass is 10.1. The topological polar surface area (TPSA) is 68.5 Å². The van der Waals surface area contributed by atoms with E-state index in [0.717, 1.165) is 28.3 Å². The minimum absolute atomic E-state index is 0.197. The van der Waals surface area contributed by atoms with Gasteiger partial charge in [0.15, 0.2) is 5.65 Å². The van der Waals surface area contributed by atoms with E-state index in [0.29, 0.717) is 24.4 Å². The molecule has 0 unspecified atom stereocenters. The molecule has 0 aliphatic carbocycles. The van der Waals surface area contributed by atoms with Crippen LogP contribution in [0.3, 0.4) is 0 Å². The number of aromatic nitrogens is 3. The van der Waals surface area contributed by atoms with Crippen molar-refractivity contribution in [3.8, 4) is 5.75 Å². The van der Waals surface area contributed by atoms with E-state index >= 15 is 0 Å². The van der Waals surface area contributed by atoms with Gasteiger partial charge in [0.1, 0.15) is 17.9 Å². The number of nitrogens with zero attached hydrogens (tertiary/aromatic N) is 3. The smallest absolute Gasteiger partial charge is 0.256 e. The van der Waals surface area contributed by atoms with E-state index in [-0.39, 0.29) is 5.91 Å². The second-order valence-electron chi connectivity index (χ2n) is 6.16. The lowest BCUT2D eigenvalue weighted by Crippen LogP contribution is -2.28. The quantitative estimate of drug-likeness (QED) is 0.726. The maximum Gasteiger partial charge on any atom is 0.256 e. The molecule has 2 aromatic heterocycles. The molecule has 1 amide bonds. The molecule has 6 nitrogen and oxygen atoms in total. The van der Waals surface area contributed by atoms with Crippen molar-refractivity contribution in [2.75, 3.05) is 13.2 Å². The van der Waals surface area contributed by atoms with Gasteiger partial charge in [-0.05, 0) is 44.9 Å². The van der Waals surface area contributed by atoms with Gasteiger partial charge in [-0.3, -0.25) is 4.79 Å². The highest BCUT2D eigenvalue weighted by Crippen LogP contribution is 2.21. The number of hydrogen-bond donors (Lipinski definition) is 1. The molecule has 1 aromatic carbocycles. The molecule has 0 aliphatic rings. The highest BCUT2D eigenvalue weighted by molar-refractivity contribution is 5.99. The van der Waals surface area contributed by atoms with Crippen molar-refractivity contribution in [3.63, 3.8) is 0 Å². The second-order valence-corrected chi connectivity index (χ2v) is 6.16. The summed E-state index contributed by atoms with van der Waals surface area (Å²) >= 11 is 0. The molecule has 1 N–H and O–H groups in total. The average molecular weight is 338 g/mol. The van der Waals surface area contributed by atoms with Gasteiger partial charge < -0.3 is 10.1 Å². The molecule has 3 aromatic rings. The average Bonchev–Trinajstić information content (AvgIpc) is 2.97. The monoisotopic (exact) mass is 338 g/mol. The van der Waals surface area contributed by atoms with Crippen molar-refractivity contribution in [3.05, 3.63) is 58.5 Å². The van der Waals surface area contributed by atoms with E-state index in [1.165, 1.54) is 0 Å². The Morgan fingerprint density at radius 3 is 2.64 bits per heavy atom. The molecule has 0 atom stereocenters. The van der Waals surface area contributed by atoms with Crippen LogP contribution in [0.1, 0.15) is 32.9 Å². The van der Waals surface area contributed by atoms with Crippen LogP contribution < -0.4 is 10.1 Å². The Kier molecular flexibility index (Phi) is 4.70. The van der Waals surface area contributed by atoms with Crippen LogP contribution in [0.15, 0.2) is 30.5 Å². The van der Waals surface area contributed by atoms with Crippen LogP contribution in [0.4, 0.5) is 0 Å². The van der Waals surface area contributed by atoms with Crippen molar-refractivity contribution < 1.29 is 9.53 Å². The maximum absolute atomic E-state index is 12.4. The SMILES string of the molecule is Cc1cc(C)n2ncc(C(=O)NCCOc3c(C)cccc3C)c2n1. The lowest BCUT2D eigenvalue weighted by Gasteiger charge is -2.12. The summed E-state index contributed by atoms with van der Waals surface area (Å²) in [6.45, 7) is 8.68. The fourth-order valence-electron chi connectivity index (χ4n) is 2.87. The van der Waals surface area contributed by atoms with Crippen molar-refractivity contribution in [1.29, 1.82) is 0 Å². The molecular formula is C19H22N4O2. The van der Waals surface area contributed by atoms with Gasteiger partial charge in [-0.15, -0.1) is 0 Å². The highest BCUT2D eigenvalue weighted by atomic mass is 16.5. The van der Waals surface area contributed by atoms with Gasteiger partial charge in [0.2, 0.25) is 0 Å². The summed E-state index contributed by atoms with van der Waals surface area (Å²) in [6.07, 6.45) is 1.55. The van der Waals surface area contributed by atoms with Crippen LogP contribution in [0.5, 0.6) is 5.75 Å². The Bertz CT molecular complexity index is 910. The number of benzene rings is 1. The highest BCUT2D eigenvalue weighted by Gasteiger charge is 2.15. The summed E-state index contributed by atoms with van der Waals surface area (Å²) in [5.74, 6) is 0.679. The number of para-hydroxylation sites is 1. The van der Waals surface area contributed by atoms with Gasteiger partial charge in [0.25, 0.3) is 5.91 Å². The van der Waals surface area contributed by atoms with Crippen LogP contribution in [-0.4, -0.2) is 33.7 Å². The number of carbonyl (C=O) groups is 1. The molecule has 0 saturated carbocycles. The van der Waals surface area contributed by atoms with E-state index in [9.17, 15) is 4.79 Å². The normalized spacial score (nSPS) is 10.9. The zero-order valence-electron chi connectivity index (χ0n) is 15.0. The van der Waals surface area contributed by atoms with Crippen LogP contribution in [0.25, 0.3) is 5.65 Å². The van der Waals surface area contributed by atoms with Gasteiger partial charge in [-0.25, -0.2) is 9.50 Å². The number of aryl methyl sites for hydroxylation is 4. The first-order valence-corrected chi connectivity index (χ1v) is 8.26. The van der Waals surface area contributed by atoms with Crippen LogP contribution in [0, 0.1) is 27.7 Å². The Labute approximate surface area is 146 Å². The first kappa shape index (κ1) is 17.0. The summed E-state index contributed by atoms with van der Waals surface area (Å²) in [5.41, 5.74) is 5.02. The van der Waals surface area contributed by atoms with Gasteiger partial charge in [-0.2, -0.15) is 5.10 Å². The number of nitrogens with one attached hydrogen (secondary N) is 1. The van der Waals surface area contributed by atoms with E-state index in [1.807, 2.05) is 52.0 Å².